The van der Waals surface area contributed by atoms with Crippen molar-refractivity contribution in [3.63, 3.8) is 0 Å². The van der Waals surface area contributed by atoms with E-state index >= 15 is 0 Å². The summed E-state index contributed by atoms with van der Waals surface area (Å²) in [4.78, 5) is 45.5. The smallest absolute Gasteiger partial charge is 0.326 e. The number of fused-ring (bicyclic) bond motifs is 1. The lowest BCUT2D eigenvalue weighted by Gasteiger charge is -2.20. The van der Waals surface area contributed by atoms with Gasteiger partial charge >= 0.3 is 12.0 Å². The third kappa shape index (κ3) is 14.1. The predicted octanol–water partition coefficient (Wildman–Crippen LogP) is 4.92. The number of hydrogen-bond acceptors (Lipinski definition) is 8. The zero-order valence-electron chi connectivity index (χ0n) is 32.2. The third-order valence-corrected chi connectivity index (χ3v) is 11.6. The quantitative estimate of drug-likeness (QED) is 0.0444. The number of pyridine rings is 1. The van der Waals surface area contributed by atoms with Crippen LogP contribution in [-0.4, -0.2) is 105 Å². The Kier molecular flexibility index (Phi) is 17.8. The molecule has 2 saturated heterocycles. The fourth-order valence-corrected chi connectivity index (χ4v) is 8.47. The molecule has 0 spiro atoms. The molecule has 2 aromatic rings. The molecule has 12 nitrogen and oxygen atoms in total. The van der Waals surface area contributed by atoms with Crippen molar-refractivity contribution in [2.45, 2.75) is 109 Å². The summed E-state index contributed by atoms with van der Waals surface area (Å²) in [6.45, 7) is 14.6. The van der Waals surface area contributed by atoms with Crippen molar-refractivity contribution < 1.29 is 19.5 Å². The minimum atomic E-state index is -0.981. The van der Waals surface area contributed by atoms with E-state index < -0.39 is 12.0 Å². The van der Waals surface area contributed by atoms with Crippen LogP contribution in [0.3, 0.4) is 0 Å². The molecule has 4 rings (SSSR count). The van der Waals surface area contributed by atoms with Crippen molar-refractivity contribution in [1.29, 1.82) is 0 Å². The number of hydrogen-bond donors (Lipinski definition) is 6. The highest BCUT2D eigenvalue weighted by atomic mass is 32.2. The first-order valence-corrected chi connectivity index (χ1v) is 20.9. The lowest BCUT2D eigenvalue weighted by Crippen LogP contribution is -2.42. The molecular formula is C40H58N8O4S2. The van der Waals surface area contributed by atoms with E-state index in [-0.39, 0.29) is 29.1 Å². The number of aromatic nitrogens is 1. The van der Waals surface area contributed by atoms with Gasteiger partial charge in [-0.1, -0.05) is 46.0 Å². The molecule has 0 bridgehead atoms. The van der Waals surface area contributed by atoms with Gasteiger partial charge in [0.15, 0.2) is 5.11 Å². The van der Waals surface area contributed by atoms with Crippen LogP contribution in [0, 0.1) is 11.8 Å². The number of nitrogens with one attached hydrogen (secondary N) is 5. The van der Waals surface area contributed by atoms with Crippen molar-refractivity contribution in [1.82, 2.24) is 36.1 Å². The highest BCUT2D eigenvalue weighted by Crippen LogP contribution is 2.33. The highest BCUT2D eigenvalue weighted by molar-refractivity contribution is 8.00. The van der Waals surface area contributed by atoms with E-state index in [0.717, 1.165) is 92.5 Å². The highest BCUT2D eigenvalue weighted by Gasteiger charge is 2.42. The number of urea groups is 1. The Labute approximate surface area is 330 Å². The van der Waals surface area contributed by atoms with E-state index in [4.69, 9.17) is 17.2 Å². The maximum atomic E-state index is 12.3. The van der Waals surface area contributed by atoms with Crippen LogP contribution >= 0.6 is 24.0 Å². The first-order valence-electron chi connectivity index (χ1n) is 19.4. The third-order valence-electron chi connectivity index (χ3n) is 9.91. The fraction of sp³-hybridized carbons (Fsp3) is 0.575. The van der Waals surface area contributed by atoms with Crippen LogP contribution in [0.4, 0.5) is 10.5 Å². The molecule has 1 aromatic heterocycles. The molecule has 1 aromatic carbocycles. The Hall–Kier alpha value is -3.90. The Morgan fingerprint density at radius 2 is 1.59 bits per heavy atom. The van der Waals surface area contributed by atoms with Crippen LogP contribution in [0.15, 0.2) is 36.4 Å². The summed E-state index contributed by atoms with van der Waals surface area (Å²) in [5.74, 6) is 6.58. The van der Waals surface area contributed by atoms with Gasteiger partial charge in [0.2, 0.25) is 5.91 Å². The average molecular weight is 779 g/mol. The van der Waals surface area contributed by atoms with Crippen LogP contribution in [0.1, 0.15) is 95.2 Å². The van der Waals surface area contributed by atoms with E-state index in [1.807, 2.05) is 36.0 Å². The summed E-state index contributed by atoms with van der Waals surface area (Å²) in [5.41, 5.74) is 4.56. The molecule has 4 atom stereocenters. The van der Waals surface area contributed by atoms with Gasteiger partial charge in [0.25, 0.3) is 0 Å². The molecule has 0 saturated carbocycles. The molecule has 54 heavy (non-hydrogen) atoms. The Bertz CT molecular complexity index is 1570. The fourth-order valence-electron chi connectivity index (χ4n) is 6.66. The van der Waals surface area contributed by atoms with Crippen molar-refractivity contribution in [2.75, 3.05) is 43.8 Å². The Morgan fingerprint density at radius 3 is 2.22 bits per heavy atom. The van der Waals surface area contributed by atoms with Gasteiger partial charge in [-0.05, 0) is 107 Å². The zero-order valence-corrected chi connectivity index (χ0v) is 33.8. The number of carboxylic acid groups (broad SMARTS) is 1. The molecule has 2 aliphatic rings. The Morgan fingerprint density at radius 1 is 0.944 bits per heavy atom. The minimum absolute atomic E-state index is 0.00969. The number of nitrogens with zero attached hydrogens (tertiary/aromatic N) is 3. The van der Waals surface area contributed by atoms with Crippen molar-refractivity contribution in [2.24, 2.45) is 0 Å². The largest absolute Gasteiger partial charge is 0.480 e. The van der Waals surface area contributed by atoms with Crippen molar-refractivity contribution in [3.05, 3.63) is 58.9 Å². The van der Waals surface area contributed by atoms with E-state index in [2.05, 4.69) is 88.1 Å². The van der Waals surface area contributed by atoms with Gasteiger partial charge in [0.05, 0.1) is 23.5 Å². The second kappa shape index (κ2) is 22.5. The Balaban J connectivity index is 1.17. The number of carboxylic acids is 1. The SMILES string of the molecule is CCN(CC)Cc1cc(C#Cc2ccc(NC(=S)NC(CCCCNC(=O)CCCCC3SCC4NC(=O)NC43)C(=O)O)cc2)cc(CN(CC)CC)n1. The van der Waals surface area contributed by atoms with E-state index in [9.17, 15) is 19.5 Å². The average Bonchev–Trinajstić information content (AvgIpc) is 3.72. The lowest BCUT2D eigenvalue weighted by atomic mass is 10.0. The van der Waals surface area contributed by atoms with E-state index in [1.165, 1.54) is 0 Å². The van der Waals surface area contributed by atoms with Gasteiger partial charge in [-0.25, -0.2) is 9.59 Å². The first kappa shape index (κ1) is 42.8. The minimum Gasteiger partial charge on any atom is -0.480 e. The number of carbonyl (C=O) groups is 3. The monoisotopic (exact) mass is 778 g/mol. The van der Waals surface area contributed by atoms with Gasteiger partial charge < -0.3 is 31.7 Å². The summed E-state index contributed by atoms with van der Waals surface area (Å²) in [5, 5.41) is 25.3. The standard InChI is InChI=1S/C40H58N8O4S2/c1-5-47(6-2)25-31-23-29(24-32(42-31)26-48(7-3)8-4)17-16-28-18-20-30(21-19-28)43-40(53)45-33(38(50)51)13-11-12-22-41-36(49)15-10-9-14-35-37-34(27-54-35)44-39(52)46-37/h18-21,23-24,33-35,37H,5-15,22,25-27H2,1-4H3,(H,41,49)(H,50,51)(H2,43,45,53)(H2,44,46,52). The summed E-state index contributed by atoms with van der Waals surface area (Å²) in [6, 6.07) is 11.2. The van der Waals surface area contributed by atoms with Crippen LogP contribution in [0.25, 0.3) is 0 Å². The molecule has 3 amide bonds. The van der Waals surface area contributed by atoms with Crippen LogP contribution in [-0.2, 0) is 22.7 Å². The number of anilines is 1. The lowest BCUT2D eigenvalue weighted by molar-refractivity contribution is -0.139. The first-order chi connectivity index (χ1) is 26.1. The molecule has 6 N–H and O–H groups in total. The summed E-state index contributed by atoms with van der Waals surface area (Å²) >= 11 is 7.32. The van der Waals surface area contributed by atoms with Gasteiger partial charge in [-0.3, -0.25) is 19.6 Å². The number of aliphatic carboxylic acids is 1. The zero-order chi connectivity index (χ0) is 38.9. The molecule has 0 radical (unpaired) electrons. The van der Waals surface area contributed by atoms with Crippen LogP contribution in [0.2, 0.25) is 0 Å². The molecule has 2 fully saturated rings. The molecular weight excluding hydrogens is 721 g/mol. The maximum Gasteiger partial charge on any atom is 0.326 e. The van der Waals surface area contributed by atoms with Gasteiger partial charge in [0.1, 0.15) is 6.04 Å². The normalized spacial score (nSPS) is 18.0. The number of unbranched alkanes of at least 4 members (excludes halogenated alkanes) is 2. The number of rotatable bonds is 21. The molecule has 294 valence electrons. The second-order valence-electron chi connectivity index (χ2n) is 13.8. The topological polar surface area (TPSA) is 151 Å². The predicted molar refractivity (Wildman–Crippen MR) is 222 cm³/mol. The number of thiocarbonyl (C=S) groups is 1. The van der Waals surface area contributed by atoms with Gasteiger partial charge in [0, 0.05) is 53.9 Å². The number of amides is 3. The van der Waals surface area contributed by atoms with Crippen LogP contribution in [0.5, 0.6) is 0 Å². The molecule has 4 unspecified atom stereocenters. The summed E-state index contributed by atoms with van der Waals surface area (Å²) in [6.07, 6.45) is 4.83. The maximum absolute atomic E-state index is 12.3. The summed E-state index contributed by atoms with van der Waals surface area (Å²) in [7, 11) is 0. The molecule has 3 heterocycles. The van der Waals surface area contributed by atoms with E-state index in [1.54, 1.807) is 0 Å². The van der Waals surface area contributed by atoms with Gasteiger partial charge in [-0.2, -0.15) is 11.8 Å². The van der Waals surface area contributed by atoms with Crippen LogP contribution < -0.4 is 26.6 Å². The van der Waals surface area contributed by atoms with E-state index in [0.29, 0.717) is 37.5 Å². The number of benzene rings is 1. The molecule has 2 aliphatic heterocycles. The number of thioether (sulfide) groups is 1. The number of carbonyl (C=O) groups excluding carboxylic acids is 2. The molecule has 14 heteroatoms. The van der Waals surface area contributed by atoms with Gasteiger partial charge in [-0.15, -0.1) is 0 Å². The second-order valence-corrected chi connectivity index (χ2v) is 15.5. The summed E-state index contributed by atoms with van der Waals surface area (Å²) < 4.78 is 0. The molecule has 0 aliphatic carbocycles. The van der Waals surface area contributed by atoms with Crippen molar-refractivity contribution in [3.8, 4) is 11.8 Å². The van der Waals surface area contributed by atoms with Crippen molar-refractivity contribution >= 4 is 52.7 Å².